The van der Waals surface area contributed by atoms with Gasteiger partial charge in [0.15, 0.2) is 0 Å². The lowest BCUT2D eigenvalue weighted by Crippen LogP contribution is -2.42. The molecule has 3 nitrogen and oxygen atoms in total. The summed E-state index contributed by atoms with van der Waals surface area (Å²) in [7, 11) is 0. The van der Waals surface area contributed by atoms with Crippen molar-refractivity contribution in [1.82, 2.24) is 4.90 Å². The van der Waals surface area contributed by atoms with E-state index in [2.05, 4.69) is 0 Å². The first-order valence-corrected chi connectivity index (χ1v) is 10.8. The maximum absolute atomic E-state index is 12.9. The molecule has 0 aromatic heterocycles. The van der Waals surface area contributed by atoms with E-state index in [0.717, 1.165) is 34.4 Å². The van der Waals surface area contributed by atoms with Gasteiger partial charge in [0.1, 0.15) is 0 Å². The van der Waals surface area contributed by atoms with E-state index in [4.69, 9.17) is 17.3 Å². The fourth-order valence-corrected chi connectivity index (χ4v) is 4.16. The SMILES string of the molecule is NC(Cc1ccc(C=Cc2cccc(C(F)(F)F)c2)cc1Cl)C(=O)N1Cc2ccccc2C1. The lowest BCUT2D eigenvalue weighted by atomic mass is 10.0. The zero-order valence-corrected chi connectivity index (χ0v) is 18.4. The minimum atomic E-state index is -4.39. The number of alkyl halides is 3. The molecule has 1 amide bonds. The zero-order valence-electron chi connectivity index (χ0n) is 17.6. The van der Waals surface area contributed by atoms with Gasteiger partial charge in [-0.2, -0.15) is 13.2 Å². The Morgan fingerprint density at radius 3 is 2.21 bits per heavy atom. The van der Waals surface area contributed by atoms with Gasteiger partial charge in [0.05, 0.1) is 11.6 Å². The lowest BCUT2D eigenvalue weighted by molar-refractivity contribution is -0.137. The zero-order chi connectivity index (χ0) is 23.6. The quantitative estimate of drug-likeness (QED) is 0.469. The number of benzene rings is 3. The highest BCUT2D eigenvalue weighted by molar-refractivity contribution is 6.31. The van der Waals surface area contributed by atoms with Crippen molar-refractivity contribution in [1.29, 1.82) is 0 Å². The predicted octanol–water partition coefficient (Wildman–Crippen LogP) is 5.94. The minimum absolute atomic E-state index is 0.129. The number of hydrogen-bond acceptors (Lipinski definition) is 2. The predicted molar refractivity (Wildman–Crippen MR) is 124 cm³/mol. The summed E-state index contributed by atoms with van der Waals surface area (Å²) >= 11 is 6.41. The van der Waals surface area contributed by atoms with Crippen molar-refractivity contribution >= 4 is 29.7 Å². The molecule has 3 aromatic rings. The van der Waals surface area contributed by atoms with E-state index in [1.165, 1.54) is 6.07 Å². The van der Waals surface area contributed by atoms with E-state index in [-0.39, 0.29) is 5.91 Å². The van der Waals surface area contributed by atoms with Gasteiger partial charge in [-0.05, 0) is 52.4 Å². The molecule has 3 aromatic carbocycles. The third-order valence-corrected chi connectivity index (χ3v) is 6.02. The Balaban J connectivity index is 1.41. The second-order valence-corrected chi connectivity index (χ2v) is 8.49. The summed E-state index contributed by atoms with van der Waals surface area (Å²) < 4.78 is 38.6. The first kappa shape index (κ1) is 23.1. The maximum atomic E-state index is 12.9. The van der Waals surface area contributed by atoms with Crippen molar-refractivity contribution in [2.75, 3.05) is 0 Å². The molecule has 0 radical (unpaired) electrons. The third-order valence-electron chi connectivity index (χ3n) is 5.67. The molecule has 0 saturated carbocycles. The third kappa shape index (κ3) is 5.46. The minimum Gasteiger partial charge on any atom is -0.333 e. The van der Waals surface area contributed by atoms with Crippen LogP contribution in [0.4, 0.5) is 13.2 Å². The number of amides is 1. The van der Waals surface area contributed by atoms with Gasteiger partial charge in [-0.3, -0.25) is 4.79 Å². The topological polar surface area (TPSA) is 46.3 Å². The average molecular weight is 471 g/mol. The van der Waals surface area contributed by atoms with Gasteiger partial charge >= 0.3 is 6.18 Å². The second kappa shape index (κ2) is 9.41. The smallest absolute Gasteiger partial charge is 0.333 e. The number of rotatable bonds is 5. The number of halogens is 4. The molecule has 1 atom stereocenters. The molecular weight excluding hydrogens is 449 g/mol. The van der Waals surface area contributed by atoms with E-state index in [1.807, 2.05) is 24.3 Å². The molecule has 1 unspecified atom stereocenters. The van der Waals surface area contributed by atoms with Crippen LogP contribution in [0, 0.1) is 0 Å². The molecule has 170 valence electrons. The van der Waals surface area contributed by atoms with Gasteiger partial charge in [-0.15, -0.1) is 0 Å². The molecule has 33 heavy (non-hydrogen) atoms. The number of nitrogens with zero attached hydrogens (tertiary/aromatic N) is 1. The highest BCUT2D eigenvalue weighted by atomic mass is 35.5. The van der Waals surface area contributed by atoms with Crippen LogP contribution in [-0.4, -0.2) is 16.8 Å². The molecular formula is C26H22ClF3N2O. The normalized spacial score (nSPS) is 14.5. The van der Waals surface area contributed by atoms with Crippen molar-refractivity contribution < 1.29 is 18.0 Å². The molecule has 7 heteroatoms. The van der Waals surface area contributed by atoms with Crippen LogP contribution in [0.5, 0.6) is 0 Å². The van der Waals surface area contributed by atoms with Gasteiger partial charge in [-0.1, -0.05) is 72.3 Å². The molecule has 4 rings (SSSR count). The average Bonchev–Trinajstić information content (AvgIpc) is 3.22. The molecule has 0 bridgehead atoms. The molecule has 0 saturated heterocycles. The molecule has 0 fully saturated rings. The van der Waals surface area contributed by atoms with E-state index in [1.54, 1.807) is 41.3 Å². The van der Waals surface area contributed by atoms with Crippen molar-refractivity contribution in [2.45, 2.75) is 31.7 Å². The Morgan fingerprint density at radius 1 is 0.970 bits per heavy atom. The van der Waals surface area contributed by atoms with Gasteiger partial charge in [-0.25, -0.2) is 0 Å². The summed E-state index contributed by atoms with van der Waals surface area (Å²) in [5, 5.41) is 0.453. The highest BCUT2D eigenvalue weighted by Crippen LogP contribution is 2.30. The van der Waals surface area contributed by atoms with Crippen LogP contribution in [-0.2, 0) is 30.5 Å². The van der Waals surface area contributed by atoms with Crippen LogP contribution in [0.3, 0.4) is 0 Å². The number of carbonyl (C=O) groups is 1. The van der Waals surface area contributed by atoms with Crippen LogP contribution in [0.1, 0.15) is 33.4 Å². The number of hydrogen-bond donors (Lipinski definition) is 1. The van der Waals surface area contributed by atoms with Crippen LogP contribution in [0.2, 0.25) is 5.02 Å². The van der Waals surface area contributed by atoms with Crippen LogP contribution < -0.4 is 5.73 Å². The first-order valence-electron chi connectivity index (χ1n) is 10.5. The summed E-state index contributed by atoms with van der Waals surface area (Å²) in [4.78, 5) is 14.6. The summed E-state index contributed by atoms with van der Waals surface area (Å²) in [6.07, 6.45) is -0.802. The molecule has 2 N–H and O–H groups in total. The molecule has 1 aliphatic rings. The Kier molecular flexibility index (Phi) is 6.58. The Bertz CT molecular complexity index is 1180. The maximum Gasteiger partial charge on any atom is 0.416 e. The first-order chi connectivity index (χ1) is 15.7. The van der Waals surface area contributed by atoms with Gasteiger partial charge in [0.25, 0.3) is 0 Å². The lowest BCUT2D eigenvalue weighted by Gasteiger charge is -2.20. The van der Waals surface area contributed by atoms with Gasteiger partial charge in [0.2, 0.25) is 5.91 Å². The summed E-state index contributed by atoms with van der Waals surface area (Å²) in [5.41, 5.74) is 9.68. The number of fused-ring (bicyclic) bond motifs is 1. The second-order valence-electron chi connectivity index (χ2n) is 8.08. The van der Waals surface area contributed by atoms with Crippen molar-refractivity contribution in [3.8, 4) is 0 Å². The highest BCUT2D eigenvalue weighted by Gasteiger charge is 2.30. The van der Waals surface area contributed by atoms with Gasteiger partial charge < -0.3 is 10.6 Å². The number of nitrogens with two attached hydrogens (primary N) is 1. The molecule has 1 aliphatic heterocycles. The summed E-state index contributed by atoms with van der Waals surface area (Å²) in [6.45, 7) is 1.10. The van der Waals surface area contributed by atoms with Crippen molar-refractivity contribution in [2.24, 2.45) is 5.73 Å². The van der Waals surface area contributed by atoms with E-state index < -0.39 is 17.8 Å². The van der Waals surface area contributed by atoms with Crippen LogP contribution in [0.25, 0.3) is 12.2 Å². The molecule has 0 aliphatic carbocycles. The fraction of sp³-hybridized carbons (Fsp3) is 0.192. The number of carbonyl (C=O) groups excluding carboxylic acids is 1. The molecule has 1 heterocycles. The summed E-state index contributed by atoms with van der Waals surface area (Å²) in [5.74, 6) is -0.129. The Labute approximate surface area is 195 Å². The monoisotopic (exact) mass is 470 g/mol. The van der Waals surface area contributed by atoms with E-state index in [0.29, 0.717) is 30.1 Å². The standard InChI is InChI=1S/C26H22ClF3N2O/c27-23-13-18(9-8-17-4-3-7-22(12-17)26(28,29)30)10-11-19(23)14-24(31)25(33)32-15-20-5-1-2-6-21(20)16-32/h1-13,24H,14-16,31H2. The summed E-state index contributed by atoms with van der Waals surface area (Å²) in [6, 6.07) is 17.6. The van der Waals surface area contributed by atoms with E-state index in [9.17, 15) is 18.0 Å². The molecule has 0 spiro atoms. The van der Waals surface area contributed by atoms with Gasteiger partial charge in [0, 0.05) is 18.1 Å². The van der Waals surface area contributed by atoms with E-state index >= 15 is 0 Å². The van der Waals surface area contributed by atoms with Crippen LogP contribution in [0.15, 0.2) is 66.7 Å². The largest absolute Gasteiger partial charge is 0.416 e. The van der Waals surface area contributed by atoms with Crippen molar-refractivity contribution in [3.63, 3.8) is 0 Å². The Morgan fingerprint density at radius 2 is 1.61 bits per heavy atom. The van der Waals surface area contributed by atoms with Crippen molar-refractivity contribution in [3.05, 3.63) is 105 Å². The fourth-order valence-electron chi connectivity index (χ4n) is 3.89. The Hall–Kier alpha value is -3.09. The van der Waals surface area contributed by atoms with Crippen LogP contribution >= 0.6 is 11.6 Å².